The quantitative estimate of drug-likeness (QED) is 0.470. The lowest BCUT2D eigenvalue weighted by atomic mass is 10.2. The van der Waals surface area contributed by atoms with Crippen LogP contribution in [-0.2, 0) is 6.42 Å². The Morgan fingerprint density at radius 1 is 1.06 bits per heavy atom. The summed E-state index contributed by atoms with van der Waals surface area (Å²) in [4.78, 5) is 24.7. The molecule has 0 fully saturated rings. The third-order valence-corrected chi connectivity index (χ3v) is 4.73. The van der Waals surface area contributed by atoms with Crippen LogP contribution in [0.1, 0.15) is 28.8 Å². The molecule has 8 nitrogen and oxygen atoms in total. The molecule has 3 N–H and O–H groups in total. The predicted molar refractivity (Wildman–Crippen MR) is 118 cm³/mol. The van der Waals surface area contributed by atoms with Gasteiger partial charge >= 0.3 is 0 Å². The van der Waals surface area contributed by atoms with Gasteiger partial charge in [-0.3, -0.25) is 4.79 Å². The summed E-state index contributed by atoms with van der Waals surface area (Å²) in [5.74, 6) is 1.12. The average Bonchev–Trinajstić information content (AvgIpc) is 3.30. The van der Waals surface area contributed by atoms with Crippen molar-refractivity contribution in [2.45, 2.75) is 20.3 Å². The highest BCUT2D eigenvalue weighted by molar-refractivity contribution is 5.96. The van der Waals surface area contributed by atoms with Crippen LogP contribution in [0, 0.1) is 6.92 Å². The molecule has 0 saturated heterocycles. The lowest BCUT2D eigenvalue weighted by Gasteiger charge is -2.12. The number of anilines is 2. The SMILES string of the molecule is CCc1nc(C(N)=O)c(Nc2ccc(Oc3ccc(-n4ccnc4)cc3)cc2)nc1C. The van der Waals surface area contributed by atoms with E-state index in [1.54, 1.807) is 12.5 Å². The molecule has 156 valence electrons. The minimum Gasteiger partial charge on any atom is -0.457 e. The normalized spacial score (nSPS) is 10.6. The van der Waals surface area contributed by atoms with Crippen molar-refractivity contribution in [2.24, 2.45) is 5.73 Å². The van der Waals surface area contributed by atoms with Crippen molar-refractivity contribution in [3.63, 3.8) is 0 Å². The molecule has 0 radical (unpaired) electrons. The van der Waals surface area contributed by atoms with Gasteiger partial charge in [-0.2, -0.15) is 0 Å². The van der Waals surface area contributed by atoms with Crippen molar-refractivity contribution < 1.29 is 9.53 Å². The molecule has 0 saturated carbocycles. The smallest absolute Gasteiger partial charge is 0.271 e. The van der Waals surface area contributed by atoms with Crippen molar-refractivity contribution in [1.82, 2.24) is 19.5 Å². The van der Waals surface area contributed by atoms with E-state index in [9.17, 15) is 4.79 Å². The first kappa shape index (κ1) is 20.1. The van der Waals surface area contributed by atoms with E-state index in [0.29, 0.717) is 18.0 Å². The van der Waals surface area contributed by atoms with E-state index in [-0.39, 0.29) is 5.69 Å². The zero-order valence-corrected chi connectivity index (χ0v) is 17.2. The number of hydrogen-bond donors (Lipinski definition) is 2. The number of nitrogens with zero attached hydrogens (tertiary/aromatic N) is 4. The number of aryl methyl sites for hydroxylation is 2. The van der Waals surface area contributed by atoms with E-state index in [2.05, 4.69) is 20.3 Å². The van der Waals surface area contributed by atoms with Crippen LogP contribution in [0.25, 0.3) is 5.69 Å². The summed E-state index contributed by atoms with van der Waals surface area (Å²) < 4.78 is 7.83. The second kappa shape index (κ2) is 8.66. The summed E-state index contributed by atoms with van der Waals surface area (Å²) in [6.45, 7) is 3.82. The summed E-state index contributed by atoms with van der Waals surface area (Å²) in [5, 5.41) is 3.12. The molecule has 1 amide bonds. The number of aromatic nitrogens is 4. The summed E-state index contributed by atoms with van der Waals surface area (Å²) in [5.41, 5.74) is 8.86. The molecule has 0 atom stereocenters. The number of carbonyl (C=O) groups excluding carboxylic acids is 1. The Bertz CT molecular complexity index is 1190. The minimum absolute atomic E-state index is 0.126. The number of imidazole rings is 1. The Balaban J connectivity index is 1.48. The van der Waals surface area contributed by atoms with Gasteiger partial charge in [-0.25, -0.2) is 15.0 Å². The first-order valence-electron chi connectivity index (χ1n) is 9.84. The van der Waals surface area contributed by atoms with E-state index in [1.165, 1.54) is 0 Å². The van der Waals surface area contributed by atoms with Gasteiger partial charge in [-0.1, -0.05) is 6.92 Å². The Labute approximate surface area is 179 Å². The average molecular weight is 414 g/mol. The molecular formula is C23H22N6O2. The largest absolute Gasteiger partial charge is 0.457 e. The van der Waals surface area contributed by atoms with Crippen LogP contribution in [0.15, 0.2) is 67.3 Å². The molecule has 0 aliphatic rings. The fourth-order valence-electron chi connectivity index (χ4n) is 3.13. The maximum Gasteiger partial charge on any atom is 0.271 e. The molecule has 0 bridgehead atoms. The van der Waals surface area contributed by atoms with E-state index in [0.717, 1.165) is 28.5 Å². The monoisotopic (exact) mass is 414 g/mol. The third-order valence-electron chi connectivity index (χ3n) is 4.73. The summed E-state index contributed by atoms with van der Waals surface area (Å²) >= 11 is 0. The standard InChI is InChI=1S/C23H22N6O2/c1-3-20-15(2)26-23(21(28-20)22(24)30)27-16-4-8-18(9-5-16)31-19-10-6-17(7-11-19)29-13-12-25-14-29/h4-14H,3H2,1-2H3,(H2,24,30)(H,26,27). The molecular weight excluding hydrogens is 392 g/mol. The highest BCUT2D eigenvalue weighted by Gasteiger charge is 2.15. The van der Waals surface area contributed by atoms with Gasteiger partial charge in [-0.05, 0) is 61.9 Å². The molecule has 0 aliphatic heterocycles. The molecule has 2 aromatic heterocycles. The molecule has 2 aromatic carbocycles. The molecule has 4 aromatic rings. The second-order valence-electron chi connectivity index (χ2n) is 6.89. The number of carbonyl (C=O) groups is 1. The van der Waals surface area contributed by atoms with E-state index in [4.69, 9.17) is 10.5 Å². The van der Waals surface area contributed by atoms with Crippen LogP contribution < -0.4 is 15.8 Å². The number of benzene rings is 2. The molecule has 0 spiro atoms. The minimum atomic E-state index is -0.621. The van der Waals surface area contributed by atoms with Gasteiger partial charge in [0, 0.05) is 23.8 Å². The Hall–Kier alpha value is -4.20. The highest BCUT2D eigenvalue weighted by Crippen LogP contribution is 2.26. The van der Waals surface area contributed by atoms with Gasteiger partial charge in [-0.15, -0.1) is 0 Å². The first-order chi connectivity index (χ1) is 15.0. The number of nitrogens with two attached hydrogens (primary N) is 1. The van der Waals surface area contributed by atoms with Crippen molar-refractivity contribution in [3.8, 4) is 17.2 Å². The number of hydrogen-bond acceptors (Lipinski definition) is 6. The van der Waals surface area contributed by atoms with Crippen molar-refractivity contribution >= 4 is 17.4 Å². The van der Waals surface area contributed by atoms with Crippen LogP contribution in [-0.4, -0.2) is 25.4 Å². The zero-order chi connectivity index (χ0) is 21.8. The highest BCUT2D eigenvalue weighted by atomic mass is 16.5. The van der Waals surface area contributed by atoms with Crippen LogP contribution in [0.2, 0.25) is 0 Å². The van der Waals surface area contributed by atoms with Gasteiger partial charge in [0.25, 0.3) is 5.91 Å². The fraction of sp³-hybridized carbons (Fsp3) is 0.130. The predicted octanol–water partition coefficient (Wildman–Crippen LogP) is 4.17. The van der Waals surface area contributed by atoms with Gasteiger partial charge < -0.3 is 20.4 Å². The van der Waals surface area contributed by atoms with Crippen molar-refractivity contribution in [1.29, 1.82) is 0 Å². The Morgan fingerprint density at radius 3 is 2.32 bits per heavy atom. The van der Waals surface area contributed by atoms with Gasteiger partial charge in [0.15, 0.2) is 11.5 Å². The number of amides is 1. The first-order valence-corrected chi connectivity index (χ1v) is 9.84. The summed E-state index contributed by atoms with van der Waals surface area (Å²) in [6, 6.07) is 15.0. The van der Waals surface area contributed by atoms with Crippen LogP contribution in [0.3, 0.4) is 0 Å². The third kappa shape index (κ3) is 4.53. The molecule has 0 aliphatic carbocycles. The number of primary amides is 1. The zero-order valence-electron chi connectivity index (χ0n) is 17.2. The number of rotatable bonds is 7. The van der Waals surface area contributed by atoms with Crippen LogP contribution >= 0.6 is 0 Å². The molecule has 2 heterocycles. The number of nitrogens with one attached hydrogen (secondary N) is 1. The van der Waals surface area contributed by atoms with E-state index in [1.807, 2.05) is 73.1 Å². The maximum absolute atomic E-state index is 11.8. The van der Waals surface area contributed by atoms with Crippen molar-refractivity contribution in [3.05, 3.63) is 84.3 Å². The molecule has 4 rings (SSSR count). The van der Waals surface area contributed by atoms with Gasteiger partial charge in [0.1, 0.15) is 11.5 Å². The van der Waals surface area contributed by atoms with E-state index < -0.39 is 5.91 Å². The van der Waals surface area contributed by atoms with Crippen molar-refractivity contribution in [2.75, 3.05) is 5.32 Å². The lowest BCUT2D eigenvalue weighted by Crippen LogP contribution is -2.18. The lowest BCUT2D eigenvalue weighted by molar-refractivity contribution is 0.0996. The molecule has 0 unspecified atom stereocenters. The second-order valence-corrected chi connectivity index (χ2v) is 6.89. The van der Waals surface area contributed by atoms with Crippen LogP contribution in [0.5, 0.6) is 11.5 Å². The maximum atomic E-state index is 11.8. The van der Waals surface area contributed by atoms with Crippen LogP contribution in [0.4, 0.5) is 11.5 Å². The van der Waals surface area contributed by atoms with Gasteiger partial charge in [0.2, 0.25) is 0 Å². The topological polar surface area (TPSA) is 108 Å². The fourth-order valence-corrected chi connectivity index (χ4v) is 3.13. The molecule has 31 heavy (non-hydrogen) atoms. The number of ether oxygens (including phenoxy) is 1. The van der Waals surface area contributed by atoms with Gasteiger partial charge in [0.05, 0.1) is 17.7 Å². The molecule has 8 heteroatoms. The Kier molecular flexibility index (Phi) is 5.61. The summed E-state index contributed by atoms with van der Waals surface area (Å²) in [7, 11) is 0. The Morgan fingerprint density at radius 2 is 1.74 bits per heavy atom. The van der Waals surface area contributed by atoms with E-state index >= 15 is 0 Å². The summed E-state index contributed by atoms with van der Waals surface area (Å²) in [6.07, 6.45) is 6.03.